The zero-order valence-electron chi connectivity index (χ0n) is 16.8. The maximum atomic E-state index is 13.7. The zero-order chi connectivity index (χ0) is 21.5. The SMILES string of the molecule is O=C(CF)N(c1ccccc1Oc1ccccc1)C(Cc1ccccc1)C1=COCO1. The van der Waals surface area contributed by atoms with Crippen molar-refractivity contribution in [1.29, 1.82) is 0 Å². The number of hydrogen-bond donors (Lipinski definition) is 0. The topological polar surface area (TPSA) is 48.0 Å². The fraction of sp³-hybridized carbons (Fsp3) is 0.160. The minimum atomic E-state index is -1.15. The van der Waals surface area contributed by atoms with Gasteiger partial charge in [0, 0.05) is 6.42 Å². The third-order valence-corrected chi connectivity index (χ3v) is 4.88. The number of benzene rings is 3. The second-order valence-corrected chi connectivity index (χ2v) is 6.93. The third-order valence-electron chi connectivity index (χ3n) is 4.88. The highest BCUT2D eigenvalue weighted by atomic mass is 19.1. The molecule has 4 rings (SSSR count). The predicted octanol–water partition coefficient (Wildman–Crippen LogP) is 5.24. The van der Waals surface area contributed by atoms with Crippen LogP contribution in [-0.2, 0) is 20.7 Å². The average Bonchev–Trinajstić information content (AvgIpc) is 3.36. The summed E-state index contributed by atoms with van der Waals surface area (Å²) in [6.45, 7) is -1.10. The molecule has 0 radical (unpaired) electrons. The highest BCUT2D eigenvalue weighted by molar-refractivity contribution is 5.97. The molecule has 1 aliphatic heterocycles. The zero-order valence-corrected chi connectivity index (χ0v) is 16.8. The Bertz CT molecular complexity index is 1040. The molecule has 0 aliphatic carbocycles. The number of nitrogens with zero attached hydrogens (tertiary/aromatic N) is 1. The van der Waals surface area contributed by atoms with Gasteiger partial charge in [0.25, 0.3) is 5.91 Å². The number of para-hydroxylation sites is 3. The Balaban J connectivity index is 1.76. The summed E-state index contributed by atoms with van der Waals surface area (Å²) >= 11 is 0. The molecular weight excluding hydrogens is 397 g/mol. The first-order valence-electron chi connectivity index (χ1n) is 9.94. The van der Waals surface area contributed by atoms with E-state index in [1.807, 2.05) is 60.7 Å². The normalized spacial score (nSPS) is 13.5. The maximum Gasteiger partial charge on any atom is 0.259 e. The Morgan fingerprint density at radius 3 is 2.32 bits per heavy atom. The van der Waals surface area contributed by atoms with E-state index in [0.29, 0.717) is 29.4 Å². The smallest absolute Gasteiger partial charge is 0.259 e. The molecule has 0 saturated carbocycles. The van der Waals surface area contributed by atoms with Gasteiger partial charge in [-0.15, -0.1) is 0 Å². The highest BCUT2D eigenvalue weighted by Crippen LogP contribution is 2.36. The molecule has 158 valence electrons. The van der Waals surface area contributed by atoms with E-state index in [2.05, 4.69) is 0 Å². The van der Waals surface area contributed by atoms with Crippen LogP contribution in [0.15, 0.2) is 97.0 Å². The summed E-state index contributed by atoms with van der Waals surface area (Å²) in [6, 6.07) is 25.4. The molecule has 3 aromatic rings. The number of halogens is 1. The molecule has 0 fully saturated rings. The summed E-state index contributed by atoms with van der Waals surface area (Å²) in [7, 11) is 0. The van der Waals surface area contributed by atoms with Gasteiger partial charge in [-0.25, -0.2) is 4.39 Å². The summed E-state index contributed by atoms with van der Waals surface area (Å²) in [5.41, 5.74) is 1.42. The second-order valence-electron chi connectivity index (χ2n) is 6.93. The van der Waals surface area contributed by atoms with Crippen molar-refractivity contribution < 1.29 is 23.4 Å². The van der Waals surface area contributed by atoms with Gasteiger partial charge in [-0.3, -0.25) is 9.69 Å². The van der Waals surface area contributed by atoms with Crippen LogP contribution < -0.4 is 9.64 Å². The fourth-order valence-corrected chi connectivity index (χ4v) is 3.48. The molecule has 1 aliphatic rings. The number of amides is 1. The number of carbonyl (C=O) groups is 1. The van der Waals surface area contributed by atoms with E-state index in [1.54, 1.807) is 24.3 Å². The largest absolute Gasteiger partial charge is 0.462 e. The minimum absolute atomic E-state index is 0.0560. The first kappa shape index (κ1) is 20.5. The Morgan fingerprint density at radius 2 is 1.65 bits per heavy atom. The molecule has 0 aromatic heterocycles. The Morgan fingerprint density at radius 1 is 0.968 bits per heavy atom. The van der Waals surface area contributed by atoms with Gasteiger partial charge in [0.05, 0.1) is 5.69 Å². The monoisotopic (exact) mass is 419 g/mol. The predicted molar refractivity (Wildman–Crippen MR) is 115 cm³/mol. The Hall–Kier alpha value is -3.80. The summed E-state index contributed by atoms with van der Waals surface area (Å²) in [6.07, 6.45) is 1.90. The van der Waals surface area contributed by atoms with Crippen LogP contribution in [0.3, 0.4) is 0 Å². The lowest BCUT2D eigenvalue weighted by Crippen LogP contribution is -2.44. The molecule has 1 atom stereocenters. The van der Waals surface area contributed by atoms with Crippen LogP contribution >= 0.6 is 0 Å². The van der Waals surface area contributed by atoms with Crippen molar-refractivity contribution in [2.24, 2.45) is 0 Å². The summed E-state index contributed by atoms with van der Waals surface area (Å²) < 4.78 is 30.7. The van der Waals surface area contributed by atoms with Gasteiger partial charge in [-0.2, -0.15) is 0 Å². The van der Waals surface area contributed by atoms with E-state index in [0.717, 1.165) is 5.56 Å². The number of carbonyl (C=O) groups excluding carboxylic acids is 1. The van der Waals surface area contributed by atoms with Crippen LogP contribution in [0.1, 0.15) is 5.56 Å². The first-order chi connectivity index (χ1) is 15.3. The van der Waals surface area contributed by atoms with Crippen LogP contribution in [0.2, 0.25) is 0 Å². The van der Waals surface area contributed by atoms with Gasteiger partial charge in [0.1, 0.15) is 18.1 Å². The standard InChI is InChI=1S/C25H22FNO4/c26-16-25(28)27(21-13-7-8-14-23(21)31-20-11-5-2-6-12-20)22(24-17-29-18-30-24)15-19-9-3-1-4-10-19/h1-14,17,22H,15-16,18H2. The number of ether oxygens (including phenoxy) is 3. The van der Waals surface area contributed by atoms with Gasteiger partial charge in [-0.1, -0.05) is 60.7 Å². The van der Waals surface area contributed by atoms with Gasteiger partial charge in [-0.05, 0) is 29.8 Å². The molecule has 0 N–H and O–H groups in total. The van der Waals surface area contributed by atoms with Crippen LogP contribution in [0, 0.1) is 0 Å². The van der Waals surface area contributed by atoms with Crippen LogP contribution in [0.25, 0.3) is 0 Å². The third kappa shape index (κ3) is 4.86. The maximum absolute atomic E-state index is 13.7. The van der Waals surface area contributed by atoms with Crippen LogP contribution in [-0.4, -0.2) is 25.4 Å². The van der Waals surface area contributed by atoms with E-state index in [1.165, 1.54) is 11.2 Å². The van der Waals surface area contributed by atoms with Crippen molar-refractivity contribution in [2.75, 3.05) is 18.4 Å². The van der Waals surface area contributed by atoms with E-state index in [4.69, 9.17) is 14.2 Å². The van der Waals surface area contributed by atoms with Crippen molar-refractivity contribution >= 4 is 11.6 Å². The van der Waals surface area contributed by atoms with Gasteiger partial charge in [0.2, 0.25) is 6.79 Å². The molecule has 0 spiro atoms. The van der Waals surface area contributed by atoms with Crippen LogP contribution in [0.4, 0.5) is 10.1 Å². The van der Waals surface area contributed by atoms with Crippen molar-refractivity contribution in [3.8, 4) is 11.5 Å². The number of rotatable bonds is 8. The van der Waals surface area contributed by atoms with E-state index < -0.39 is 18.6 Å². The Labute approximate surface area is 180 Å². The van der Waals surface area contributed by atoms with Crippen molar-refractivity contribution in [2.45, 2.75) is 12.5 Å². The lowest BCUT2D eigenvalue weighted by Gasteiger charge is -2.32. The lowest BCUT2D eigenvalue weighted by molar-refractivity contribution is -0.120. The molecule has 0 bridgehead atoms. The quantitative estimate of drug-likeness (QED) is 0.501. The molecule has 6 heteroatoms. The summed E-state index contributed by atoms with van der Waals surface area (Å²) in [4.78, 5) is 14.3. The molecule has 5 nitrogen and oxygen atoms in total. The van der Waals surface area contributed by atoms with Crippen molar-refractivity contribution in [3.05, 3.63) is 103 Å². The van der Waals surface area contributed by atoms with E-state index in [9.17, 15) is 9.18 Å². The summed E-state index contributed by atoms with van der Waals surface area (Å²) in [5.74, 6) is 0.816. The lowest BCUT2D eigenvalue weighted by atomic mass is 10.0. The van der Waals surface area contributed by atoms with E-state index in [-0.39, 0.29) is 6.79 Å². The van der Waals surface area contributed by atoms with Crippen molar-refractivity contribution in [1.82, 2.24) is 0 Å². The minimum Gasteiger partial charge on any atom is -0.462 e. The van der Waals surface area contributed by atoms with Crippen molar-refractivity contribution in [3.63, 3.8) is 0 Å². The van der Waals surface area contributed by atoms with Crippen LogP contribution in [0.5, 0.6) is 11.5 Å². The number of hydrogen-bond acceptors (Lipinski definition) is 4. The molecule has 3 aromatic carbocycles. The molecule has 31 heavy (non-hydrogen) atoms. The average molecular weight is 419 g/mol. The molecule has 1 unspecified atom stereocenters. The van der Waals surface area contributed by atoms with Gasteiger partial charge in [0.15, 0.2) is 18.2 Å². The van der Waals surface area contributed by atoms with Gasteiger partial charge >= 0.3 is 0 Å². The molecule has 1 amide bonds. The van der Waals surface area contributed by atoms with Gasteiger partial charge < -0.3 is 14.2 Å². The summed E-state index contributed by atoms with van der Waals surface area (Å²) in [5, 5.41) is 0. The second kappa shape index (κ2) is 9.80. The fourth-order valence-electron chi connectivity index (χ4n) is 3.48. The molecule has 1 heterocycles. The highest BCUT2D eigenvalue weighted by Gasteiger charge is 2.33. The number of anilines is 1. The Kier molecular flexibility index (Phi) is 6.47. The van der Waals surface area contributed by atoms with E-state index >= 15 is 0 Å². The molecule has 0 saturated heterocycles. The first-order valence-corrected chi connectivity index (χ1v) is 9.94. The molecular formula is C25H22FNO4. The number of alkyl halides is 1.